The molecule has 1 N–H and O–H groups in total. The number of benzene rings is 1. The summed E-state index contributed by atoms with van der Waals surface area (Å²) in [6, 6.07) is 9.08. The highest BCUT2D eigenvalue weighted by molar-refractivity contribution is 7.90. The number of carbonyl (C=O) groups is 1. The van der Waals surface area contributed by atoms with E-state index in [1.807, 2.05) is 4.72 Å². The van der Waals surface area contributed by atoms with Gasteiger partial charge in [0.1, 0.15) is 0 Å². The highest BCUT2D eigenvalue weighted by Gasteiger charge is 2.14. The van der Waals surface area contributed by atoms with Gasteiger partial charge in [0.15, 0.2) is 0 Å². The summed E-state index contributed by atoms with van der Waals surface area (Å²) < 4.78 is 24.5. The van der Waals surface area contributed by atoms with Crippen molar-refractivity contribution in [2.24, 2.45) is 0 Å². The lowest BCUT2D eigenvalue weighted by molar-refractivity contribution is 0.0981. The van der Waals surface area contributed by atoms with Gasteiger partial charge in [-0.1, -0.05) is 25.1 Å². The van der Waals surface area contributed by atoms with Crippen LogP contribution in [0.3, 0.4) is 0 Å². The Morgan fingerprint density at radius 1 is 1.47 bits per heavy atom. The van der Waals surface area contributed by atoms with Gasteiger partial charge in [0.05, 0.1) is 5.75 Å². The topological polar surface area (TPSA) is 63.2 Å². The second kappa shape index (κ2) is 4.93. The maximum Gasteiger partial charge on any atom is 0.265 e. The van der Waals surface area contributed by atoms with Gasteiger partial charge in [-0.05, 0) is 18.6 Å². The van der Waals surface area contributed by atoms with E-state index in [4.69, 9.17) is 0 Å². The summed E-state index contributed by atoms with van der Waals surface area (Å²) in [7, 11) is -3.50. The minimum Gasteiger partial charge on any atom is -0.268 e. The van der Waals surface area contributed by atoms with Gasteiger partial charge in [-0.15, -0.1) is 0 Å². The van der Waals surface area contributed by atoms with Crippen LogP contribution in [0, 0.1) is 6.07 Å². The van der Waals surface area contributed by atoms with E-state index in [0.29, 0.717) is 6.42 Å². The van der Waals surface area contributed by atoms with Crippen molar-refractivity contribution in [2.45, 2.75) is 13.3 Å². The predicted octanol–water partition coefficient (Wildman–Crippen LogP) is 0.956. The molecule has 1 radical (unpaired) electrons. The van der Waals surface area contributed by atoms with Gasteiger partial charge in [-0.25, -0.2) is 13.1 Å². The number of amides is 1. The van der Waals surface area contributed by atoms with E-state index in [9.17, 15) is 13.2 Å². The Morgan fingerprint density at radius 2 is 2.20 bits per heavy atom. The molecule has 5 heteroatoms. The third kappa shape index (κ3) is 3.71. The van der Waals surface area contributed by atoms with Gasteiger partial charge in [0, 0.05) is 5.56 Å². The van der Waals surface area contributed by atoms with Crippen LogP contribution in [0.2, 0.25) is 0 Å². The van der Waals surface area contributed by atoms with E-state index in [0.717, 1.165) is 0 Å². The second-order valence-electron chi connectivity index (χ2n) is 3.03. The van der Waals surface area contributed by atoms with Crippen LogP contribution < -0.4 is 4.72 Å². The standard InChI is InChI=1S/C10H12NO3S/c1-2-8-15(13,14)11-10(12)9-6-4-3-5-7-9/h3-6H,2,8H2,1H3,(H,11,12). The van der Waals surface area contributed by atoms with Gasteiger partial charge in [0.2, 0.25) is 10.0 Å². The highest BCUT2D eigenvalue weighted by atomic mass is 32.2. The van der Waals surface area contributed by atoms with Crippen molar-refractivity contribution in [1.82, 2.24) is 4.72 Å². The van der Waals surface area contributed by atoms with Gasteiger partial charge >= 0.3 is 0 Å². The van der Waals surface area contributed by atoms with Crippen molar-refractivity contribution in [2.75, 3.05) is 5.75 Å². The zero-order valence-corrected chi connectivity index (χ0v) is 9.17. The summed E-state index contributed by atoms with van der Waals surface area (Å²) in [6.07, 6.45) is 0.473. The van der Waals surface area contributed by atoms with Crippen LogP contribution in [0.25, 0.3) is 0 Å². The molecule has 1 aromatic rings. The molecule has 15 heavy (non-hydrogen) atoms. The number of sulfonamides is 1. The van der Waals surface area contributed by atoms with Crippen LogP contribution in [0.5, 0.6) is 0 Å². The van der Waals surface area contributed by atoms with Gasteiger partial charge in [0.25, 0.3) is 5.91 Å². The van der Waals surface area contributed by atoms with E-state index < -0.39 is 15.9 Å². The molecule has 0 aliphatic heterocycles. The van der Waals surface area contributed by atoms with Gasteiger partial charge in [-0.3, -0.25) is 4.79 Å². The highest BCUT2D eigenvalue weighted by Crippen LogP contribution is 1.98. The van der Waals surface area contributed by atoms with Gasteiger partial charge in [-0.2, -0.15) is 0 Å². The Hall–Kier alpha value is -1.36. The molecule has 1 rings (SSSR count). The quantitative estimate of drug-likeness (QED) is 0.831. The first-order valence-electron chi connectivity index (χ1n) is 4.56. The Morgan fingerprint density at radius 3 is 2.73 bits per heavy atom. The van der Waals surface area contributed by atoms with Crippen molar-refractivity contribution in [1.29, 1.82) is 0 Å². The third-order valence-corrected chi connectivity index (χ3v) is 3.12. The van der Waals surface area contributed by atoms with Crippen molar-refractivity contribution in [3.05, 3.63) is 35.9 Å². The number of carbonyl (C=O) groups excluding carboxylic acids is 1. The average molecular weight is 226 g/mol. The van der Waals surface area contributed by atoms with Crippen LogP contribution in [0.15, 0.2) is 24.3 Å². The van der Waals surface area contributed by atoms with Gasteiger partial charge < -0.3 is 0 Å². The molecule has 0 spiro atoms. The van der Waals surface area contributed by atoms with Crippen LogP contribution in [0.4, 0.5) is 0 Å². The molecule has 0 atom stereocenters. The van der Waals surface area contributed by atoms with E-state index in [1.165, 1.54) is 6.07 Å². The summed E-state index contributed by atoms with van der Waals surface area (Å²) >= 11 is 0. The molecule has 4 nitrogen and oxygen atoms in total. The Labute approximate surface area is 89.4 Å². The maximum absolute atomic E-state index is 11.4. The van der Waals surface area contributed by atoms with E-state index in [2.05, 4.69) is 6.07 Å². The molecule has 0 unspecified atom stereocenters. The fourth-order valence-electron chi connectivity index (χ4n) is 1.05. The lowest BCUT2D eigenvalue weighted by atomic mass is 10.2. The van der Waals surface area contributed by atoms with Crippen molar-refractivity contribution >= 4 is 15.9 Å². The molecule has 0 aromatic heterocycles. The molecule has 1 amide bonds. The summed E-state index contributed by atoms with van der Waals surface area (Å²) in [6.45, 7) is 1.73. The summed E-state index contributed by atoms with van der Waals surface area (Å²) in [5.41, 5.74) is 0.220. The molecule has 0 aliphatic rings. The molecule has 1 aromatic carbocycles. The first kappa shape index (κ1) is 11.7. The first-order chi connectivity index (χ1) is 7.05. The molecular weight excluding hydrogens is 214 g/mol. The largest absolute Gasteiger partial charge is 0.268 e. The average Bonchev–Trinajstić information content (AvgIpc) is 2.18. The molecule has 0 saturated carbocycles. The molecule has 0 heterocycles. The Balaban J connectivity index is 2.73. The number of hydrogen-bond donors (Lipinski definition) is 1. The molecule has 0 fully saturated rings. The summed E-state index contributed by atoms with van der Waals surface area (Å²) in [5, 5.41) is 0. The zero-order valence-electron chi connectivity index (χ0n) is 8.36. The first-order valence-corrected chi connectivity index (χ1v) is 6.22. The summed E-state index contributed by atoms with van der Waals surface area (Å²) in [4.78, 5) is 11.4. The number of hydrogen-bond acceptors (Lipinski definition) is 3. The molecule has 0 saturated heterocycles. The lowest BCUT2D eigenvalue weighted by Gasteiger charge is -2.04. The molecular formula is C10H12NO3S. The molecule has 0 aliphatic carbocycles. The minimum atomic E-state index is -3.50. The third-order valence-electron chi connectivity index (χ3n) is 1.67. The predicted molar refractivity (Wildman–Crippen MR) is 56.8 cm³/mol. The number of nitrogens with one attached hydrogen (secondary N) is 1. The molecule has 81 valence electrons. The monoisotopic (exact) mass is 226 g/mol. The fraction of sp³-hybridized carbons (Fsp3) is 0.300. The number of rotatable bonds is 4. The van der Waals surface area contributed by atoms with Crippen LogP contribution in [-0.2, 0) is 10.0 Å². The van der Waals surface area contributed by atoms with E-state index in [-0.39, 0.29) is 11.3 Å². The normalized spacial score (nSPS) is 11.0. The van der Waals surface area contributed by atoms with Crippen LogP contribution >= 0.6 is 0 Å². The van der Waals surface area contributed by atoms with E-state index in [1.54, 1.807) is 25.1 Å². The van der Waals surface area contributed by atoms with E-state index >= 15 is 0 Å². The maximum atomic E-state index is 11.4. The van der Waals surface area contributed by atoms with Crippen molar-refractivity contribution in [3.8, 4) is 0 Å². The smallest absolute Gasteiger partial charge is 0.265 e. The van der Waals surface area contributed by atoms with Crippen molar-refractivity contribution < 1.29 is 13.2 Å². The SMILES string of the molecule is CCCS(=O)(=O)NC(=O)c1[c]cccc1. The van der Waals surface area contributed by atoms with Crippen molar-refractivity contribution in [3.63, 3.8) is 0 Å². The zero-order chi connectivity index (χ0) is 11.3. The summed E-state index contributed by atoms with van der Waals surface area (Å²) in [5.74, 6) is -0.685. The minimum absolute atomic E-state index is 0.0500. The fourth-order valence-corrected chi connectivity index (χ4v) is 2.08. The molecule has 0 bridgehead atoms. The lowest BCUT2D eigenvalue weighted by Crippen LogP contribution is -2.32. The Bertz CT molecular complexity index is 425. The van der Waals surface area contributed by atoms with Crippen LogP contribution in [-0.4, -0.2) is 20.1 Å². The van der Waals surface area contributed by atoms with Crippen LogP contribution in [0.1, 0.15) is 23.7 Å². The Kier molecular flexibility index (Phi) is 3.85. The second-order valence-corrected chi connectivity index (χ2v) is 4.87.